The zero-order valence-corrected chi connectivity index (χ0v) is 15.9. The number of aryl methyl sites for hydroxylation is 1. The monoisotopic (exact) mass is 396 g/mol. The standard InChI is InChI=1S/C19H17ClN6O2/c1-24-14-3-4-15(20)23-17(14)26(19(28)18(24)27)13-6-8-25(9-7-13)16-5-2-12(10-21)11-22-16/h2-5,11,13H,6-9H2,1H3. The zero-order valence-electron chi connectivity index (χ0n) is 15.2. The molecule has 3 aromatic rings. The lowest BCUT2D eigenvalue weighted by Crippen LogP contribution is -2.45. The average molecular weight is 397 g/mol. The predicted molar refractivity (Wildman–Crippen MR) is 106 cm³/mol. The maximum absolute atomic E-state index is 12.7. The highest BCUT2D eigenvalue weighted by atomic mass is 35.5. The predicted octanol–water partition coefficient (Wildman–Crippen LogP) is 1.86. The summed E-state index contributed by atoms with van der Waals surface area (Å²) in [5.41, 5.74) is 0.354. The van der Waals surface area contributed by atoms with Crippen molar-refractivity contribution in [1.29, 1.82) is 5.26 Å². The third-order valence-electron chi connectivity index (χ3n) is 5.15. The van der Waals surface area contributed by atoms with Gasteiger partial charge in [-0.25, -0.2) is 9.97 Å². The molecule has 28 heavy (non-hydrogen) atoms. The normalized spacial score (nSPS) is 15.0. The van der Waals surface area contributed by atoms with E-state index >= 15 is 0 Å². The molecule has 0 aliphatic carbocycles. The summed E-state index contributed by atoms with van der Waals surface area (Å²) in [5, 5.41) is 9.17. The van der Waals surface area contributed by atoms with Gasteiger partial charge in [-0.15, -0.1) is 0 Å². The van der Waals surface area contributed by atoms with E-state index in [1.165, 1.54) is 9.13 Å². The van der Waals surface area contributed by atoms with Crippen molar-refractivity contribution in [2.75, 3.05) is 18.0 Å². The van der Waals surface area contributed by atoms with E-state index in [-0.39, 0.29) is 11.2 Å². The largest absolute Gasteiger partial charge is 0.356 e. The van der Waals surface area contributed by atoms with Gasteiger partial charge in [0.05, 0.1) is 11.1 Å². The summed E-state index contributed by atoms with van der Waals surface area (Å²) in [6.07, 6.45) is 2.88. The van der Waals surface area contributed by atoms with E-state index in [0.717, 1.165) is 5.82 Å². The van der Waals surface area contributed by atoms with E-state index in [1.807, 2.05) is 6.07 Å². The number of piperidine rings is 1. The number of rotatable bonds is 2. The van der Waals surface area contributed by atoms with Crippen LogP contribution in [-0.2, 0) is 7.05 Å². The lowest BCUT2D eigenvalue weighted by molar-refractivity contribution is 0.391. The number of hydrogen-bond acceptors (Lipinski definition) is 6. The summed E-state index contributed by atoms with van der Waals surface area (Å²) in [6.45, 7) is 1.35. The van der Waals surface area contributed by atoms with Crippen LogP contribution in [0.5, 0.6) is 0 Å². The first-order chi connectivity index (χ1) is 13.5. The van der Waals surface area contributed by atoms with Crippen molar-refractivity contribution in [3.63, 3.8) is 0 Å². The van der Waals surface area contributed by atoms with Crippen molar-refractivity contribution in [2.45, 2.75) is 18.9 Å². The highest BCUT2D eigenvalue weighted by molar-refractivity contribution is 6.29. The van der Waals surface area contributed by atoms with Gasteiger partial charge in [-0.3, -0.25) is 14.2 Å². The summed E-state index contributed by atoms with van der Waals surface area (Å²) in [4.78, 5) is 35.9. The highest BCUT2D eigenvalue weighted by Crippen LogP contribution is 2.26. The van der Waals surface area contributed by atoms with E-state index in [1.54, 1.807) is 31.4 Å². The van der Waals surface area contributed by atoms with Crippen LogP contribution in [0, 0.1) is 11.3 Å². The molecule has 4 heterocycles. The molecule has 0 spiro atoms. The van der Waals surface area contributed by atoms with Gasteiger partial charge in [0.1, 0.15) is 17.0 Å². The van der Waals surface area contributed by atoms with Crippen LogP contribution in [0.15, 0.2) is 40.1 Å². The van der Waals surface area contributed by atoms with Crippen molar-refractivity contribution in [2.24, 2.45) is 7.05 Å². The molecule has 0 atom stereocenters. The molecule has 9 heteroatoms. The lowest BCUT2D eigenvalue weighted by atomic mass is 10.0. The minimum Gasteiger partial charge on any atom is -0.356 e. The Hall–Kier alpha value is -3.18. The second-order valence-corrected chi connectivity index (χ2v) is 7.14. The fourth-order valence-corrected chi connectivity index (χ4v) is 3.78. The van der Waals surface area contributed by atoms with Gasteiger partial charge in [-0.05, 0) is 37.1 Å². The van der Waals surface area contributed by atoms with Crippen molar-refractivity contribution in [3.8, 4) is 6.07 Å². The molecule has 1 aliphatic rings. The molecule has 1 fully saturated rings. The number of fused-ring (bicyclic) bond motifs is 1. The summed E-state index contributed by atoms with van der Waals surface area (Å²) in [5.74, 6) is 0.791. The van der Waals surface area contributed by atoms with Crippen molar-refractivity contribution >= 4 is 28.6 Å². The molecule has 1 aliphatic heterocycles. The van der Waals surface area contributed by atoms with Crippen molar-refractivity contribution in [3.05, 3.63) is 61.9 Å². The van der Waals surface area contributed by atoms with Crippen LogP contribution in [0.4, 0.5) is 5.82 Å². The van der Waals surface area contributed by atoms with Crippen LogP contribution in [0.1, 0.15) is 24.4 Å². The number of hydrogen-bond donors (Lipinski definition) is 0. The van der Waals surface area contributed by atoms with E-state index in [9.17, 15) is 9.59 Å². The van der Waals surface area contributed by atoms with Crippen molar-refractivity contribution in [1.82, 2.24) is 19.1 Å². The van der Waals surface area contributed by atoms with Crippen LogP contribution in [0.2, 0.25) is 5.15 Å². The van der Waals surface area contributed by atoms with E-state index in [0.29, 0.717) is 42.7 Å². The molecule has 1 saturated heterocycles. The quantitative estimate of drug-likeness (QED) is 0.484. The van der Waals surface area contributed by atoms with Gasteiger partial charge in [-0.2, -0.15) is 5.26 Å². The highest BCUT2D eigenvalue weighted by Gasteiger charge is 2.25. The Labute approximate surface area is 165 Å². The summed E-state index contributed by atoms with van der Waals surface area (Å²) >= 11 is 6.05. The second kappa shape index (κ2) is 7.09. The molecular formula is C19H17ClN6O2. The number of pyridine rings is 2. The third-order valence-corrected chi connectivity index (χ3v) is 5.36. The molecule has 0 saturated carbocycles. The first-order valence-electron chi connectivity index (χ1n) is 8.88. The maximum Gasteiger partial charge on any atom is 0.318 e. The van der Waals surface area contributed by atoms with E-state index in [2.05, 4.69) is 20.9 Å². The molecule has 0 radical (unpaired) electrons. The van der Waals surface area contributed by atoms with E-state index < -0.39 is 11.1 Å². The molecule has 8 nitrogen and oxygen atoms in total. The molecule has 0 aromatic carbocycles. The Kier molecular flexibility index (Phi) is 4.61. The Bertz CT molecular complexity index is 1200. The van der Waals surface area contributed by atoms with Gasteiger partial charge in [-0.1, -0.05) is 11.6 Å². The van der Waals surface area contributed by atoms with Gasteiger partial charge in [0, 0.05) is 32.4 Å². The van der Waals surface area contributed by atoms with Gasteiger partial charge >= 0.3 is 11.1 Å². The number of aromatic nitrogens is 4. The fraction of sp³-hybridized carbons (Fsp3) is 0.316. The number of nitriles is 1. The smallest absolute Gasteiger partial charge is 0.318 e. The van der Waals surface area contributed by atoms with Crippen molar-refractivity contribution < 1.29 is 0 Å². The number of nitrogens with zero attached hydrogens (tertiary/aromatic N) is 6. The molecule has 3 aromatic heterocycles. The van der Waals surface area contributed by atoms with Gasteiger partial charge < -0.3 is 9.47 Å². The van der Waals surface area contributed by atoms with Crippen LogP contribution in [0.3, 0.4) is 0 Å². The van der Waals surface area contributed by atoms with Crippen LogP contribution >= 0.6 is 11.6 Å². The van der Waals surface area contributed by atoms with Crippen LogP contribution < -0.4 is 16.0 Å². The molecule has 0 amide bonds. The van der Waals surface area contributed by atoms with E-state index in [4.69, 9.17) is 16.9 Å². The lowest BCUT2D eigenvalue weighted by Gasteiger charge is -2.34. The summed E-state index contributed by atoms with van der Waals surface area (Å²) in [7, 11) is 1.56. The number of anilines is 1. The average Bonchev–Trinajstić information content (AvgIpc) is 2.73. The Morgan fingerprint density at radius 3 is 2.54 bits per heavy atom. The Morgan fingerprint density at radius 1 is 1.14 bits per heavy atom. The first kappa shape index (κ1) is 18.2. The minimum atomic E-state index is -0.584. The first-order valence-corrected chi connectivity index (χ1v) is 9.26. The molecule has 4 rings (SSSR count). The topological polar surface area (TPSA) is 96.8 Å². The minimum absolute atomic E-state index is 0.149. The number of halogens is 1. The Morgan fingerprint density at radius 2 is 1.89 bits per heavy atom. The summed E-state index contributed by atoms with van der Waals surface area (Å²) in [6, 6.07) is 8.78. The van der Waals surface area contributed by atoms with Gasteiger partial charge in [0.15, 0.2) is 5.65 Å². The zero-order chi connectivity index (χ0) is 19.8. The van der Waals surface area contributed by atoms with Gasteiger partial charge in [0.25, 0.3) is 0 Å². The Balaban J connectivity index is 1.67. The van der Waals surface area contributed by atoms with Crippen LogP contribution in [0.25, 0.3) is 11.2 Å². The van der Waals surface area contributed by atoms with Gasteiger partial charge in [0.2, 0.25) is 0 Å². The van der Waals surface area contributed by atoms with Crippen LogP contribution in [-0.4, -0.2) is 32.2 Å². The SMILES string of the molecule is Cn1c(=O)c(=O)n(C2CCN(c3ccc(C#N)cn3)CC2)c2nc(Cl)ccc21. The molecule has 0 unspecified atom stereocenters. The fourth-order valence-electron chi connectivity index (χ4n) is 3.64. The maximum atomic E-state index is 12.7. The molecule has 0 bridgehead atoms. The second-order valence-electron chi connectivity index (χ2n) is 6.75. The molecule has 142 valence electrons. The third kappa shape index (κ3) is 3.04. The summed E-state index contributed by atoms with van der Waals surface area (Å²) < 4.78 is 2.81. The molecule has 0 N–H and O–H groups in total. The molecular weight excluding hydrogens is 380 g/mol.